The number of nitrogens with one attached hydrogen (secondary N) is 1. The van der Waals surface area contributed by atoms with E-state index in [1.165, 1.54) is 218 Å². The van der Waals surface area contributed by atoms with Gasteiger partial charge in [-0.25, -0.2) is 0 Å². The molecule has 0 radical (unpaired) electrons. The summed E-state index contributed by atoms with van der Waals surface area (Å²) in [6.07, 6.45) is 92.5. The summed E-state index contributed by atoms with van der Waals surface area (Å²) >= 11 is 0. The number of quaternary nitrogens is 1. The van der Waals surface area contributed by atoms with Crippen LogP contribution in [-0.2, 0) is 18.4 Å². The molecule has 8 nitrogen and oxygen atoms in total. The van der Waals surface area contributed by atoms with Gasteiger partial charge in [0.25, 0.3) is 7.82 Å². The molecule has 9 heteroatoms. The van der Waals surface area contributed by atoms with Gasteiger partial charge in [-0.3, -0.25) is 9.36 Å². The number of rotatable bonds is 64. The summed E-state index contributed by atoms with van der Waals surface area (Å²) in [5.41, 5.74) is 0. The molecule has 2 N–H and O–H groups in total. The third-order valence-electron chi connectivity index (χ3n) is 15.5. The molecule has 3 unspecified atom stereocenters. The molecule has 0 aliphatic heterocycles. The molecule has 0 aromatic heterocycles. The van der Waals surface area contributed by atoms with Crippen molar-refractivity contribution in [1.29, 1.82) is 0 Å². The molecular weight excluding hydrogens is 1040 g/mol. The van der Waals surface area contributed by atoms with Gasteiger partial charge in [0.2, 0.25) is 5.91 Å². The largest absolute Gasteiger partial charge is 0.756 e. The van der Waals surface area contributed by atoms with Crippen LogP contribution >= 0.6 is 7.82 Å². The van der Waals surface area contributed by atoms with Crippen molar-refractivity contribution in [2.45, 2.75) is 328 Å². The van der Waals surface area contributed by atoms with E-state index in [9.17, 15) is 19.4 Å². The summed E-state index contributed by atoms with van der Waals surface area (Å²) < 4.78 is 23.4. The van der Waals surface area contributed by atoms with E-state index in [4.69, 9.17) is 9.05 Å². The topological polar surface area (TPSA) is 108 Å². The second kappa shape index (κ2) is 63.9. The predicted molar refractivity (Wildman–Crippen MR) is 362 cm³/mol. The highest BCUT2D eigenvalue weighted by Crippen LogP contribution is 2.38. The first kappa shape index (κ1) is 80.4. The van der Waals surface area contributed by atoms with Gasteiger partial charge in [-0.15, -0.1) is 0 Å². The van der Waals surface area contributed by atoms with Gasteiger partial charge in [0.05, 0.1) is 39.9 Å². The van der Waals surface area contributed by atoms with Gasteiger partial charge in [0.15, 0.2) is 0 Å². The first-order valence-corrected chi connectivity index (χ1v) is 36.6. The van der Waals surface area contributed by atoms with Crippen molar-refractivity contribution in [3.05, 3.63) is 97.2 Å². The molecule has 3 atom stereocenters. The minimum Gasteiger partial charge on any atom is -0.756 e. The van der Waals surface area contributed by atoms with Crippen molar-refractivity contribution >= 4 is 13.7 Å². The number of aliphatic hydroxyl groups excluding tert-OH is 1. The van der Waals surface area contributed by atoms with Crippen LogP contribution in [0.5, 0.6) is 0 Å². The van der Waals surface area contributed by atoms with E-state index in [0.29, 0.717) is 17.4 Å². The number of unbranched alkanes of at least 4 members (excludes halogenated alkanes) is 37. The van der Waals surface area contributed by atoms with Crippen molar-refractivity contribution in [2.24, 2.45) is 0 Å². The van der Waals surface area contributed by atoms with Gasteiger partial charge in [0.1, 0.15) is 13.2 Å². The van der Waals surface area contributed by atoms with E-state index in [0.717, 1.165) is 77.0 Å². The maximum Gasteiger partial charge on any atom is 0.268 e. The number of nitrogens with zero attached hydrogens (tertiary/aromatic N) is 1. The fourth-order valence-corrected chi connectivity index (χ4v) is 10.8. The van der Waals surface area contributed by atoms with Crippen molar-refractivity contribution in [3.63, 3.8) is 0 Å². The molecule has 0 spiro atoms. The summed E-state index contributed by atoms with van der Waals surface area (Å²) in [6.45, 7) is 4.54. The van der Waals surface area contributed by atoms with E-state index in [1.807, 2.05) is 27.2 Å². The number of allylic oxidation sites excluding steroid dienone is 15. The van der Waals surface area contributed by atoms with Crippen LogP contribution in [0.4, 0.5) is 0 Å². The number of phosphoric ester groups is 1. The predicted octanol–water partition coefficient (Wildman–Crippen LogP) is 21.9. The molecule has 1 amide bonds. The Balaban J connectivity index is 3.98. The molecule has 0 aliphatic carbocycles. The Bertz CT molecular complexity index is 1670. The third-order valence-corrected chi connectivity index (χ3v) is 16.5. The molecule has 83 heavy (non-hydrogen) atoms. The Morgan fingerprint density at radius 3 is 1.12 bits per heavy atom. The summed E-state index contributed by atoms with van der Waals surface area (Å²) in [7, 11) is 1.25. The minimum absolute atomic E-state index is 0.00723. The van der Waals surface area contributed by atoms with Crippen molar-refractivity contribution in [3.8, 4) is 0 Å². The standard InChI is InChI=1S/C74H135N2O6P/c1-6-8-10-12-14-16-18-20-22-24-26-28-29-30-31-32-33-34-35-36-37-38-39-40-41-42-43-44-45-46-47-48-50-52-54-56-58-60-62-64-66-68-74(78)75-72(71-82-83(79,80)81-70-69-76(3,4)5)73(77)67-65-63-61-59-57-55-53-51-49-27-25-23-21-19-17-15-13-11-9-7-2/h8,10,14,16,20,22,26,28,30-31,33-34,57,59,65,67,72-73,77H,6-7,9,11-13,15,17-19,21,23-25,27,29,32,35-56,58,60-64,66,68-71H2,1-5H3,(H-,75,78,79,80)/b10-8-,16-14-,22-20-,28-26-,31-30-,34-33-,59-57+,67-65+. The molecule has 0 saturated heterocycles. The minimum atomic E-state index is -4.61. The van der Waals surface area contributed by atoms with Crippen molar-refractivity contribution in [1.82, 2.24) is 5.32 Å². The van der Waals surface area contributed by atoms with E-state index >= 15 is 0 Å². The molecule has 0 rings (SSSR count). The quantitative estimate of drug-likeness (QED) is 0.0272. The Hall–Kier alpha value is -2.58. The van der Waals surface area contributed by atoms with Crippen LogP contribution in [0.3, 0.4) is 0 Å². The maximum absolute atomic E-state index is 13.0. The highest BCUT2D eigenvalue weighted by atomic mass is 31.2. The lowest BCUT2D eigenvalue weighted by atomic mass is 10.0. The monoisotopic (exact) mass is 1180 g/mol. The van der Waals surface area contributed by atoms with Gasteiger partial charge in [0, 0.05) is 6.42 Å². The number of amides is 1. The molecule has 482 valence electrons. The molecule has 0 aliphatic rings. The van der Waals surface area contributed by atoms with E-state index < -0.39 is 26.6 Å². The third kappa shape index (κ3) is 66.8. The Morgan fingerprint density at radius 2 is 0.747 bits per heavy atom. The van der Waals surface area contributed by atoms with Crippen LogP contribution in [-0.4, -0.2) is 68.5 Å². The van der Waals surface area contributed by atoms with Crippen LogP contribution in [0.25, 0.3) is 0 Å². The van der Waals surface area contributed by atoms with Crippen molar-refractivity contribution < 1.29 is 32.9 Å². The first-order valence-electron chi connectivity index (χ1n) is 35.1. The SMILES string of the molecule is CC/C=C\C/C=C\C/C=C\C/C=C\C/C=C\C/C=C\CCCCCCCCCCCCCCCCCCCCCCCCC(=O)NC(COP(=O)([O-])OCC[N+](C)(C)C)C(O)/C=C/CC/C=C/CCCCCCCCCCCCCCCC. The summed E-state index contributed by atoms with van der Waals surface area (Å²) in [5.74, 6) is -0.204. The van der Waals surface area contributed by atoms with Gasteiger partial charge >= 0.3 is 0 Å². The molecule has 0 aromatic carbocycles. The lowest BCUT2D eigenvalue weighted by Crippen LogP contribution is -2.45. The molecule has 0 aromatic rings. The van der Waals surface area contributed by atoms with E-state index in [2.05, 4.69) is 104 Å². The maximum atomic E-state index is 13.0. The summed E-state index contributed by atoms with van der Waals surface area (Å²) in [5, 5.41) is 13.9. The number of likely N-dealkylation sites (N-methyl/N-ethyl adjacent to an activating group) is 1. The first-order chi connectivity index (χ1) is 40.5. The van der Waals surface area contributed by atoms with Crippen LogP contribution in [0, 0.1) is 0 Å². The summed E-state index contributed by atoms with van der Waals surface area (Å²) in [4.78, 5) is 25.6. The number of phosphoric acid groups is 1. The molecular formula is C74H135N2O6P. The second-order valence-corrected chi connectivity index (χ2v) is 26.3. The van der Waals surface area contributed by atoms with Crippen LogP contribution in [0.15, 0.2) is 97.2 Å². The zero-order chi connectivity index (χ0) is 60.5. The number of hydrogen-bond acceptors (Lipinski definition) is 6. The number of carbonyl (C=O) groups excluding carboxylic acids is 1. The molecule has 0 saturated carbocycles. The fraction of sp³-hybridized carbons (Fsp3) is 0.770. The Kier molecular flexibility index (Phi) is 61.9. The van der Waals surface area contributed by atoms with Crippen LogP contribution in [0.1, 0.15) is 316 Å². The highest BCUT2D eigenvalue weighted by Gasteiger charge is 2.23. The van der Waals surface area contributed by atoms with E-state index in [1.54, 1.807) is 6.08 Å². The highest BCUT2D eigenvalue weighted by molar-refractivity contribution is 7.45. The van der Waals surface area contributed by atoms with Crippen molar-refractivity contribution in [2.75, 3.05) is 40.9 Å². The fourth-order valence-electron chi connectivity index (χ4n) is 10.1. The normalized spacial score (nSPS) is 14.3. The zero-order valence-electron chi connectivity index (χ0n) is 55.1. The van der Waals surface area contributed by atoms with Gasteiger partial charge < -0.3 is 28.8 Å². The van der Waals surface area contributed by atoms with Gasteiger partial charge in [-0.05, 0) is 83.5 Å². The summed E-state index contributed by atoms with van der Waals surface area (Å²) in [6, 6.07) is -0.906. The van der Waals surface area contributed by atoms with Crippen LogP contribution in [0.2, 0.25) is 0 Å². The lowest BCUT2D eigenvalue weighted by molar-refractivity contribution is -0.870. The number of aliphatic hydroxyl groups is 1. The molecule has 0 heterocycles. The Labute approximate surface area is 515 Å². The van der Waals surface area contributed by atoms with Gasteiger partial charge in [-0.2, -0.15) is 0 Å². The van der Waals surface area contributed by atoms with Crippen LogP contribution < -0.4 is 10.2 Å². The van der Waals surface area contributed by atoms with E-state index in [-0.39, 0.29) is 12.5 Å². The second-order valence-electron chi connectivity index (χ2n) is 24.8. The lowest BCUT2D eigenvalue weighted by Gasteiger charge is -2.29. The Morgan fingerprint density at radius 1 is 0.434 bits per heavy atom. The zero-order valence-corrected chi connectivity index (χ0v) is 56.0. The number of carbonyl (C=O) groups is 1. The molecule has 0 bridgehead atoms. The number of hydrogen-bond donors (Lipinski definition) is 2. The smallest absolute Gasteiger partial charge is 0.268 e. The van der Waals surface area contributed by atoms with Gasteiger partial charge in [-0.1, -0.05) is 323 Å². The average molecular weight is 1180 g/mol. The average Bonchev–Trinajstić information content (AvgIpc) is 3.49. The molecule has 0 fully saturated rings.